The highest BCUT2D eigenvalue weighted by Crippen LogP contribution is 2.44. The molecule has 2 aromatic rings. The first-order valence-electron chi connectivity index (χ1n) is 7.34. The van der Waals surface area contributed by atoms with Crippen LogP contribution in [-0.4, -0.2) is 11.7 Å². The lowest BCUT2D eigenvalue weighted by Gasteiger charge is -2.34. The lowest BCUT2D eigenvalue weighted by atomic mass is 9.73. The van der Waals surface area contributed by atoms with Gasteiger partial charge in [-0.3, -0.25) is 0 Å². The molecule has 4 rings (SSSR count). The van der Waals surface area contributed by atoms with Gasteiger partial charge in [0.1, 0.15) is 5.75 Å². The summed E-state index contributed by atoms with van der Waals surface area (Å²) < 4.78 is 5.63. The van der Waals surface area contributed by atoms with Crippen LogP contribution in [-0.2, 0) is 12.8 Å². The Morgan fingerprint density at radius 2 is 2.00 bits per heavy atom. The van der Waals surface area contributed by atoms with Crippen molar-refractivity contribution in [3.05, 3.63) is 64.7 Å². The van der Waals surface area contributed by atoms with E-state index in [4.69, 9.17) is 4.74 Å². The second-order valence-corrected chi connectivity index (χ2v) is 5.77. The summed E-state index contributed by atoms with van der Waals surface area (Å²) in [6.07, 6.45) is 2.69. The fourth-order valence-electron chi connectivity index (χ4n) is 3.38. The normalized spacial score (nSPS) is 21.1. The molecule has 1 aliphatic heterocycles. The molecule has 0 aromatic heterocycles. The minimum absolute atomic E-state index is 0.244. The molecule has 0 saturated carbocycles. The van der Waals surface area contributed by atoms with Crippen molar-refractivity contribution in [1.82, 2.24) is 0 Å². The lowest BCUT2D eigenvalue weighted by molar-refractivity contribution is 0.134. The van der Waals surface area contributed by atoms with Gasteiger partial charge in [0.15, 0.2) is 0 Å². The standard InChI is InChI=1S/C18H18O2/c19-18(16-11-12-4-1-2-6-15(12)16)14-7-8-17-13(10-14)5-3-9-20-17/h1-2,4,6-8,10,16,18-19H,3,5,9,11H2. The summed E-state index contributed by atoms with van der Waals surface area (Å²) in [6, 6.07) is 14.6. The first-order chi connectivity index (χ1) is 9.83. The molecule has 20 heavy (non-hydrogen) atoms. The Bertz CT molecular complexity index is 648. The highest BCUT2D eigenvalue weighted by molar-refractivity contribution is 5.45. The van der Waals surface area contributed by atoms with Crippen molar-refractivity contribution in [3.63, 3.8) is 0 Å². The Labute approximate surface area is 119 Å². The van der Waals surface area contributed by atoms with Crippen LogP contribution in [0.1, 0.15) is 40.7 Å². The minimum Gasteiger partial charge on any atom is -0.493 e. The van der Waals surface area contributed by atoms with Crippen LogP contribution in [0.3, 0.4) is 0 Å². The zero-order valence-corrected chi connectivity index (χ0v) is 11.4. The average Bonchev–Trinajstić information content (AvgIpc) is 2.48. The predicted molar refractivity (Wildman–Crippen MR) is 78.1 cm³/mol. The van der Waals surface area contributed by atoms with Crippen molar-refractivity contribution in [1.29, 1.82) is 0 Å². The van der Waals surface area contributed by atoms with Gasteiger partial charge in [-0.15, -0.1) is 0 Å². The largest absolute Gasteiger partial charge is 0.493 e. The summed E-state index contributed by atoms with van der Waals surface area (Å²) in [6.45, 7) is 0.810. The molecule has 2 nitrogen and oxygen atoms in total. The van der Waals surface area contributed by atoms with Gasteiger partial charge in [0.05, 0.1) is 12.7 Å². The van der Waals surface area contributed by atoms with Gasteiger partial charge in [0.25, 0.3) is 0 Å². The van der Waals surface area contributed by atoms with Gasteiger partial charge in [0.2, 0.25) is 0 Å². The van der Waals surface area contributed by atoms with E-state index in [0.29, 0.717) is 0 Å². The Balaban J connectivity index is 1.62. The number of aryl methyl sites for hydroxylation is 1. The van der Waals surface area contributed by atoms with Crippen LogP contribution in [0.4, 0.5) is 0 Å². The molecule has 0 spiro atoms. The van der Waals surface area contributed by atoms with Gasteiger partial charge in [0, 0.05) is 5.92 Å². The molecule has 1 heterocycles. The van der Waals surface area contributed by atoms with E-state index in [9.17, 15) is 5.11 Å². The minimum atomic E-state index is -0.405. The highest BCUT2D eigenvalue weighted by atomic mass is 16.5. The number of hydrogen-bond acceptors (Lipinski definition) is 2. The zero-order valence-electron chi connectivity index (χ0n) is 11.4. The number of aliphatic hydroxyl groups is 1. The number of benzene rings is 2. The average molecular weight is 266 g/mol. The molecule has 2 unspecified atom stereocenters. The maximum atomic E-state index is 10.6. The van der Waals surface area contributed by atoms with Crippen LogP contribution >= 0.6 is 0 Å². The van der Waals surface area contributed by atoms with Gasteiger partial charge in [-0.1, -0.05) is 30.3 Å². The van der Waals surface area contributed by atoms with Crippen molar-refractivity contribution < 1.29 is 9.84 Å². The van der Waals surface area contributed by atoms with Crippen molar-refractivity contribution in [2.24, 2.45) is 0 Å². The maximum absolute atomic E-state index is 10.6. The molecule has 2 heteroatoms. The van der Waals surface area contributed by atoms with E-state index < -0.39 is 6.10 Å². The number of hydrogen-bond donors (Lipinski definition) is 1. The summed E-state index contributed by atoms with van der Waals surface area (Å²) in [5.41, 5.74) is 4.93. The molecule has 0 radical (unpaired) electrons. The molecule has 0 fully saturated rings. The third-order valence-corrected chi connectivity index (χ3v) is 4.55. The number of aliphatic hydroxyl groups excluding tert-OH is 1. The molecule has 1 aliphatic carbocycles. The Morgan fingerprint density at radius 3 is 2.90 bits per heavy atom. The summed E-state index contributed by atoms with van der Waals surface area (Å²) >= 11 is 0. The monoisotopic (exact) mass is 266 g/mol. The van der Waals surface area contributed by atoms with Crippen LogP contribution in [0.25, 0.3) is 0 Å². The summed E-state index contributed by atoms with van der Waals surface area (Å²) in [5.74, 6) is 1.23. The Hall–Kier alpha value is -1.80. The van der Waals surface area contributed by atoms with Gasteiger partial charge in [-0.25, -0.2) is 0 Å². The molecular formula is C18H18O2. The van der Waals surface area contributed by atoms with Gasteiger partial charge >= 0.3 is 0 Å². The van der Waals surface area contributed by atoms with Crippen molar-refractivity contribution in [2.75, 3.05) is 6.61 Å². The quantitative estimate of drug-likeness (QED) is 0.903. The molecule has 2 aromatic carbocycles. The predicted octanol–water partition coefficient (Wildman–Crippen LogP) is 3.38. The van der Waals surface area contributed by atoms with Crippen molar-refractivity contribution in [2.45, 2.75) is 31.3 Å². The molecule has 2 atom stereocenters. The number of ether oxygens (including phenoxy) is 1. The Kier molecular flexibility index (Phi) is 2.78. The van der Waals surface area contributed by atoms with Crippen LogP contribution in [0.15, 0.2) is 42.5 Å². The SMILES string of the molecule is OC(c1ccc2c(c1)CCCO2)C1Cc2ccccc21. The van der Waals surface area contributed by atoms with E-state index in [1.807, 2.05) is 12.1 Å². The highest BCUT2D eigenvalue weighted by Gasteiger charge is 2.32. The van der Waals surface area contributed by atoms with Crippen molar-refractivity contribution >= 4 is 0 Å². The van der Waals surface area contributed by atoms with Crippen molar-refractivity contribution in [3.8, 4) is 5.75 Å². The smallest absolute Gasteiger partial charge is 0.122 e. The summed E-state index contributed by atoms with van der Waals surface area (Å²) in [7, 11) is 0. The number of fused-ring (bicyclic) bond motifs is 2. The topological polar surface area (TPSA) is 29.5 Å². The molecule has 2 aliphatic rings. The molecule has 102 valence electrons. The second-order valence-electron chi connectivity index (χ2n) is 5.77. The second kappa shape index (κ2) is 4.64. The molecule has 1 N–H and O–H groups in total. The van der Waals surface area contributed by atoms with Gasteiger partial charge < -0.3 is 9.84 Å². The van der Waals surface area contributed by atoms with E-state index in [-0.39, 0.29) is 5.92 Å². The van der Waals surface area contributed by atoms with Crippen LogP contribution < -0.4 is 4.74 Å². The first kappa shape index (κ1) is 12.0. The van der Waals surface area contributed by atoms with Crippen LogP contribution in [0.2, 0.25) is 0 Å². The van der Waals surface area contributed by atoms with E-state index in [2.05, 4.69) is 30.3 Å². The van der Waals surface area contributed by atoms with E-state index >= 15 is 0 Å². The van der Waals surface area contributed by atoms with E-state index in [1.165, 1.54) is 16.7 Å². The third-order valence-electron chi connectivity index (χ3n) is 4.55. The molecule has 0 bridgehead atoms. The van der Waals surface area contributed by atoms with E-state index in [0.717, 1.165) is 37.2 Å². The molecule has 0 amide bonds. The van der Waals surface area contributed by atoms with E-state index in [1.54, 1.807) is 0 Å². The fraction of sp³-hybridized carbons (Fsp3) is 0.333. The van der Waals surface area contributed by atoms with Crippen LogP contribution in [0, 0.1) is 0 Å². The van der Waals surface area contributed by atoms with Gasteiger partial charge in [-0.05, 0) is 53.6 Å². The zero-order chi connectivity index (χ0) is 13.5. The molecular weight excluding hydrogens is 248 g/mol. The summed E-state index contributed by atoms with van der Waals surface area (Å²) in [5, 5.41) is 10.6. The fourth-order valence-corrected chi connectivity index (χ4v) is 3.38. The first-order valence-corrected chi connectivity index (χ1v) is 7.34. The summed E-state index contributed by atoms with van der Waals surface area (Å²) in [4.78, 5) is 0. The lowest BCUT2D eigenvalue weighted by Crippen LogP contribution is -2.23. The molecule has 0 saturated heterocycles. The van der Waals surface area contributed by atoms with Crippen LogP contribution in [0.5, 0.6) is 5.75 Å². The van der Waals surface area contributed by atoms with Gasteiger partial charge in [-0.2, -0.15) is 0 Å². The maximum Gasteiger partial charge on any atom is 0.122 e. The Morgan fingerprint density at radius 1 is 1.10 bits per heavy atom. The third kappa shape index (κ3) is 1.83. The number of rotatable bonds is 2.